The van der Waals surface area contributed by atoms with Gasteiger partial charge in [0, 0.05) is 18.0 Å². The Balaban J connectivity index is 1.47. The molecule has 1 aliphatic rings. The minimum absolute atomic E-state index is 0.124. The van der Waals surface area contributed by atoms with Gasteiger partial charge in [0.2, 0.25) is 12.7 Å². The fraction of sp³-hybridized carbons (Fsp3) is 0.235. The van der Waals surface area contributed by atoms with Crippen LogP contribution in [0.3, 0.4) is 0 Å². The van der Waals surface area contributed by atoms with Crippen LogP contribution in [0.5, 0.6) is 11.5 Å². The third-order valence-electron chi connectivity index (χ3n) is 3.69. The molecule has 0 saturated heterocycles. The number of carbonyl (C=O) groups excluding carboxylic acids is 1. The quantitative estimate of drug-likeness (QED) is 0.700. The summed E-state index contributed by atoms with van der Waals surface area (Å²) in [6, 6.07) is 8.89. The molecule has 2 aromatic heterocycles. The number of rotatable bonds is 5. The first-order chi connectivity index (χ1) is 12.2. The van der Waals surface area contributed by atoms with E-state index in [4.69, 9.17) is 13.9 Å². The van der Waals surface area contributed by atoms with Crippen molar-refractivity contribution in [2.75, 3.05) is 12.1 Å². The van der Waals surface area contributed by atoms with Gasteiger partial charge in [-0.1, -0.05) is 18.7 Å². The summed E-state index contributed by atoms with van der Waals surface area (Å²) < 4.78 is 16.2. The number of ether oxygens (including phenoxy) is 2. The van der Waals surface area contributed by atoms with Crippen LogP contribution in [0, 0.1) is 0 Å². The van der Waals surface area contributed by atoms with Crippen molar-refractivity contribution in [3.8, 4) is 11.5 Å². The van der Waals surface area contributed by atoms with Crippen LogP contribution in [0.15, 0.2) is 46.2 Å². The molecule has 4 rings (SSSR count). The average Bonchev–Trinajstić information content (AvgIpc) is 3.24. The molecule has 8 heteroatoms. The molecule has 1 amide bonds. The fourth-order valence-electron chi connectivity index (χ4n) is 2.44. The fourth-order valence-corrected chi connectivity index (χ4v) is 3.29. The van der Waals surface area contributed by atoms with Crippen LogP contribution in [0.2, 0.25) is 0 Å². The molecule has 1 aliphatic heterocycles. The van der Waals surface area contributed by atoms with Gasteiger partial charge in [-0.2, -0.15) is 4.98 Å². The first kappa shape index (κ1) is 15.8. The summed E-state index contributed by atoms with van der Waals surface area (Å²) in [5, 5.41) is 2.99. The van der Waals surface area contributed by atoms with E-state index in [1.807, 2.05) is 6.92 Å². The molecule has 3 heterocycles. The Morgan fingerprint density at radius 1 is 1.32 bits per heavy atom. The lowest BCUT2D eigenvalue weighted by molar-refractivity contribution is -0.115. The molecule has 1 aromatic carbocycles. The van der Waals surface area contributed by atoms with Gasteiger partial charge < -0.3 is 19.2 Å². The second-order valence-electron chi connectivity index (χ2n) is 5.38. The van der Waals surface area contributed by atoms with Crippen molar-refractivity contribution in [1.29, 1.82) is 0 Å². The van der Waals surface area contributed by atoms with Gasteiger partial charge in [-0.15, -0.1) is 0 Å². The standard InChI is InChI=1S/C17H15N3O4S/c1-2-14(25-17-20-15-12(24-17)4-3-7-18-15)16(21)19-10-5-6-11-13(8-10)23-9-22-11/h3-8,14H,2,9H2,1H3,(H,19,21). The number of oxazole rings is 1. The number of thioether (sulfide) groups is 1. The summed E-state index contributed by atoms with van der Waals surface area (Å²) in [5.41, 5.74) is 1.81. The van der Waals surface area contributed by atoms with Crippen molar-refractivity contribution in [2.45, 2.75) is 23.8 Å². The predicted octanol–water partition coefficient (Wildman–Crippen LogP) is 3.46. The lowest BCUT2D eigenvalue weighted by Gasteiger charge is -2.13. The molecule has 0 fully saturated rings. The minimum Gasteiger partial charge on any atom is -0.454 e. The van der Waals surface area contributed by atoms with Gasteiger partial charge in [-0.3, -0.25) is 4.79 Å². The number of carbonyl (C=O) groups is 1. The number of nitrogens with zero attached hydrogens (tertiary/aromatic N) is 2. The molecule has 7 nitrogen and oxygen atoms in total. The summed E-state index contributed by atoms with van der Waals surface area (Å²) in [4.78, 5) is 21.0. The van der Waals surface area contributed by atoms with E-state index < -0.39 is 0 Å². The lowest BCUT2D eigenvalue weighted by atomic mass is 10.2. The molecule has 128 valence electrons. The van der Waals surface area contributed by atoms with Crippen molar-refractivity contribution in [1.82, 2.24) is 9.97 Å². The van der Waals surface area contributed by atoms with Crippen LogP contribution in [0.1, 0.15) is 13.3 Å². The molecule has 1 N–H and O–H groups in total. The van der Waals surface area contributed by atoms with Crippen LogP contribution in [0.25, 0.3) is 11.2 Å². The maximum atomic E-state index is 12.6. The number of nitrogens with one attached hydrogen (secondary N) is 1. The number of benzene rings is 1. The largest absolute Gasteiger partial charge is 0.454 e. The molecular weight excluding hydrogens is 342 g/mol. The normalized spacial score (nSPS) is 13.8. The van der Waals surface area contributed by atoms with Gasteiger partial charge in [0.25, 0.3) is 5.22 Å². The van der Waals surface area contributed by atoms with Gasteiger partial charge in [0.05, 0.1) is 5.25 Å². The first-order valence-electron chi connectivity index (χ1n) is 7.81. The molecule has 25 heavy (non-hydrogen) atoms. The first-order valence-corrected chi connectivity index (χ1v) is 8.69. The third kappa shape index (κ3) is 3.25. The number of pyridine rings is 1. The molecule has 1 unspecified atom stereocenters. The number of fused-ring (bicyclic) bond motifs is 2. The highest BCUT2D eigenvalue weighted by Gasteiger charge is 2.22. The van der Waals surface area contributed by atoms with Crippen LogP contribution in [-0.4, -0.2) is 27.9 Å². The van der Waals surface area contributed by atoms with Crippen molar-refractivity contribution in [2.24, 2.45) is 0 Å². The third-order valence-corrected chi connectivity index (χ3v) is 4.90. The van der Waals surface area contributed by atoms with E-state index in [1.165, 1.54) is 11.8 Å². The molecule has 0 radical (unpaired) electrons. The highest BCUT2D eigenvalue weighted by molar-refractivity contribution is 8.00. The monoisotopic (exact) mass is 357 g/mol. The number of hydrogen-bond donors (Lipinski definition) is 1. The Morgan fingerprint density at radius 3 is 3.04 bits per heavy atom. The van der Waals surface area contributed by atoms with E-state index >= 15 is 0 Å². The lowest BCUT2D eigenvalue weighted by Crippen LogP contribution is -2.24. The molecule has 0 saturated carbocycles. The van der Waals surface area contributed by atoms with Crippen molar-refractivity contribution in [3.05, 3.63) is 36.5 Å². The second-order valence-corrected chi connectivity index (χ2v) is 6.53. The number of amides is 1. The number of anilines is 1. The molecule has 0 aliphatic carbocycles. The summed E-state index contributed by atoms with van der Waals surface area (Å²) in [6.45, 7) is 2.14. The highest BCUT2D eigenvalue weighted by atomic mass is 32.2. The van der Waals surface area contributed by atoms with Gasteiger partial charge >= 0.3 is 0 Å². The van der Waals surface area contributed by atoms with E-state index in [-0.39, 0.29) is 18.0 Å². The Hall–Kier alpha value is -2.74. The van der Waals surface area contributed by atoms with Gasteiger partial charge in [-0.25, -0.2) is 4.98 Å². The maximum Gasteiger partial charge on any atom is 0.259 e. The molecule has 1 atom stereocenters. The van der Waals surface area contributed by atoms with Crippen molar-refractivity contribution < 1.29 is 18.7 Å². The SMILES string of the molecule is CCC(Sc1nc2ncccc2o1)C(=O)Nc1ccc2c(c1)OCO2. The van der Waals surface area contributed by atoms with Crippen LogP contribution >= 0.6 is 11.8 Å². The van der Waals surface area contributed by atoms with Crippen LogP contribution < -0.4 is 14.8 Å². The zero-order valence-electron chi connectivity index (χ0n) is 13.4. The Bertz CT molecular complexity index is 894. The van der Waals surface area contributed by atoms with Crippen LogP contribution in [-0.2, 0) is 4.79 Å². The molecule has 3 aromatic rings. The maximum absolute atomic E-state index is 12.6. The Morgan fingerprint density at radius 2 is 2.20 bits per heavy atom. The second kappa shape index (κ2) is 6.64. The van der Waals surface area contributed by atoms with E-state index in [1.54, 1.807) is 36.5 Å². The average molecular weight is 357 g/mol. The summed E-state index contributed by atoms with van der Waals surface area (Å²) in [7, 11) is 0. The van der Waals surface area contributed by atoms with Crippen LogP contribution in [0.4, 0.5) is 5.69 Å². The van der Waals surface area contributed by atoms with E-state index in [0.29, 0.717) is 40.1 Å². The van der Waals surface area contributed by atoms with Crippen molar-refractivity contribution >= 4 is 34.6 Å². The summed E-state index contributed by atoms with van der Waals surface area (Å²) >= 11 is 1.28. The summed E-state index contributed by atoms with van der Waals surface area (Å²) in [5.74, 6) is 1.18. The Labute approximate surface area is 147 Å². The molecule has 0 bridgehead atoms. The molecule has 0 spiro atoms. The zero-order chi connectivity index (χ0) is 17.2. The number of aromatic nitrogens is 2. The molecular formula is C17H15N3O4S. The smallest absolute Gasteiger partial charge is 0.259 e. The highest BCUT2D eigenvalue weighted by Crippen LogP contribution is 2.35. The van der Waals surface area contributed by atoms with Crippen molar-refractivity contribution in [3.63, 3.8) is 0 Å². The predicted molar refractivity (Wildman–Crippen MR) is 92.9 cm³/mol. The Kier molecular flexibility index (Phi) is 4.19. The van der Waals surface area contributed by atoms with Gasteiger partial charge in [0.1, 0.15) is 0 Å². The summed E-state index contributed by atoms with van der Waals surface area (Å²) in [6.07, 6.45) is 2.29. The van der Waals surface area contributed by atoms with Gasteiger partial charge in [0.15, 0.2) is 22.7 Å². The van der Waals surface area contributed by atoms with E-state index in [0.717, 1.165) is 0 Å². The van der Waals surface area contributed by atoms with E-state index in [9.17, 15) is 4.79 Å². The van der Waals surface area contributed by atoms with Gasteiger partial charge in [-0.05, 0) is 30.7 Å². The number of hydrogen-bond acceptors (Lipinski definition) is 7. The van der Waals surface area contributed by atoms with E-state index in [2.05, 4.69) is 15.3 Å². The topological polar surface area (TPSA) is 86.5 Å². The minimum atomic E-state index is -0.335. The zero-order valence-corrected chi connectivity index (χ0v) is 14.2.